The quantitative estimate of drug-likeness (QED) is 0.427. The van der Waals surface area contributed by atoms with E-state index < -0.39 is 5.91 Å². The van der Waals surface area contributed by atoms with Gasteiger partial charge < -0.3 is 4.57 Å². The van der Waals surface area contributed by atoms with Gasteiger partial charge in [0.2, 0.25) is 0 Å². The number of benzene rings is 1. The third-order valence-electron chi connectivity index (χ3n) is 4.50. The summed E-state index contributed by atoms with van der Waals surface area (Å²) < 4.78 is 1.70. The van der Waals surface area contributed by atoms with Crippen molar-refractivity contribution in [2.45, 2.75) is 13.3 Å². The maximum Gasteiger partial charge on any atom is 0.268 e. The molecule has 0 aliphatic heterocycles. The van der Waals surface area contributed by atoms with Crippen LogP contribution in [0.2, 0.25) is 10.0 Å². The van der Waals surface area contributed by atoms with Crippen molar-refractivity contribution >= 4 is 51.7 Å². The number of hydrogen-bond acceptors (Lipinski definition) is 5. The Hall–Kier alpha value is -3.10. The maximum absolute atomic E-state index is 12.5. The van der Waals surface area contributed by atoms with E-state index in [0.29, 0.717) is 32.9 Å². The molecule has 9 heteroatoms. The summed E-state index contributed by atoms with van der Waals surface area (Å²) in [5.41, 5.74) is 2.64. The van der Waals surface area contributed by atoms with Crippen molar-refractivity contribution in [3.05, 3.63) is 73.5 Å². The van der Waals surface area contributed by atoms with E-state index >= 15 is 0 Å². The Morgan fingerprint density at radius 1 is 1.33 bits per heavy atom. The fraction of sp³-hybridized carbons (Fsp3) is 0.143. The first-order valence-corrected chi connectivity index (χ1v) is 10.3. The first kappa shape index (κ1) is 21.6. The molecule has 30 heavy (non-hydrogen) atoms. The Bertz CT molecular complexity index is 1240. The van der Waals surface area contributed by atoms with Crippen molar-refractivity contribution in [1.82, 2.24) is 9.55 Å². The van der Waals surface area contributed by atoms with Crippen LogP contribution >= 0.6 is 34.5 Å². The number of carbonyl (C=O) groups is 1. The molecule has 6 nitrogen and oxygen atoms in total. The van der Waals surface area contributed by atoms with E-state index in [2.05, 4.69) is 16.4 Å². The van der Waals surface area contributed by atoms with E-state index in [1.165, 1.54) is 17.4 Å². The van der Waals surface area contributed by atoms with E-state index in [1.807, 2.05) is 13.0 Å². The van der Waals surface area contributed by atoms with Crippen molar-refractivity contribution in [1.29, 1.82) is 10.5 Å². The molecule has 1 amide bonds. The predicted octanol–water partition coefficient (Wildman–Crippen LogP) is 5.10. The molecule has 0 radical (unpaired) electrons. The number of thiazole rings is 1. The standard InChI is InChI=1S/C21H15Cl2N5OS/c1-12-13(7-17(10-25)28(12)2)5-15(9-24)20(29)27-21-26-11-18(30-21)8-14-6-16(22)3-4-19(14)23/h3-7,11H,8H2,1-2H3,(H,26,27,29)/b15-5+. The number of hydrogen-bond donors (Lipinski definition) is 1. The minimum Gasteiger partial charge on any atom is -0.339 e. The highest BCUT2D eigenvalue weighted by Gasteiger charge is 2.15. The summed E-state index contributed by atoms with van der Waals surface area (Å²) in [5.74, 6) is -0.569. The molecule has 2 heterocycles. The Kier molecular flexibility index (Phi) is 6.59. The van der Waals surface area contributed by atoms with Crippen LogP contribution in [0.4, 0.5) is 5.13 Å². The number of nitrogens with one attached hydrogen (secondary N) is 1. The zero-order valence-electron chi connectivity index (χ0n) is 16.0. The number of nitriles is 2. The summed E-state index contributed by atoms with van der Waals surface area (Å²) in [7, 11) is 1.75. The molecule has 2 aromatic heterocycles. The van der Waals surface area contributed by atoms with Gasteiger partial charge in [-0.1, -0.05) is 23.2 Å². The molecule has 150 valence electrons. The van der Waals surface area contributed by atoms with E-state index in [-0.39, 0.29) is 5.57 Å². The van der Waals surface area contributed by atoms with E-state index in [0.717, 1.165) is 16.1 Å². The molecule has 3 aromatic rings. The van der Waals surface area contributed by atoms with Gasteiger partial charge in [0.05, 0.1) is 0 Å². The number of anilines is 1. The van der Waals surface area contributed by atoms with Gasteiger partial charge in [-0.25, -0.2) is 4.98 Å². The summed E-state index contributed by atoms with van der Waals surface area (Å²) in [4.78, 5) is 17.6. The maximum atomic E-state index is 12.5. The lowest BCUT2D eigenvalue weighted by Crippen LogP contribution is -2.13. The molecule has 0 saturated carbocycles. The van der Waals surface area contributed by atoms with Crippen molar-refractivity contribution < 1.29 is 4.79 Å². The van der Waals surface area contributed by atoms with Gasteiger partial charge in [0.1, 0.15) is 23.4 Å². The molecular formula is C21H15Cl2N5OS. The van der Waals surface area contributed by atoms with Crippen LogP contribution in [0.1, 0.15) is 27.4 Å². The summed E-state index contributed by atoms with van der Waals surface area (Å²) in [6.45, 7) is 1.81. The fourth-order valence-corrected chi connectivity index (χ4v) is 3.97. The molecule has 1 aromatic carbocycles. The van der Waals surface area contributed by atoms with E-state index in [1.54, 1.807) is 42.1 Å². The number of amides is 1. The van der Waals surface area contributed by atoms with Crippen LogP contribution in [0.25, 0.3) is 6.08 Å². The van der Waals surface area contributed by atoms with Crippen LogP contribution in [0.5, 0.6) is 0 Å². The van der Waals surface area contributed by atoms with Gasteiger partial charge in [-0.15, -0.1) is 11.3 Å². The molecule has 1 N–H and O–H groups in total. The largest absolute Gasteiger partial charge is 0.339 e. The number of aromatic nitrogens is 2. The van der Waals surface area contributed by atoms with Gasteiger partial charge in [0, 0.05) is 40.3 Å². The molecule has 3 rings (SSSR count). The van der Waals surface area contributed by atoms with Gasteiger partial charge in [0.15, 0.2) is 5.13 Å². The SMILES string of the molecule is Cc1c(/C=C(\C#N)C(=O)Nc2ncc(Cc3cc(Cl)ccc3Cl)s2)cc(C#N)n1C. The minimum atomic E-state index is -0.569. The van der Waals surface area contributed by atoms with Crippen LogP contribution in [0.3, 0.4) is 0 Å². The molecule has 0 unspecified atom stereocenters. The van der Waals surface area contributed by atoms with Crippen molar-refractivity contribution in [2.75, 3.05) is 5.32 Å². The summed E-state index contributed by atoms with van der Waals surface area (Å²) in [6.07, 6.45) is 3.63. The van der Waals surface area contributed by atoms with Crippen LogP contribution in [0.15, 0.2) is 36.0 Å². The molecule has 0 saturated heterocycles. The highest BCUT2D eigenvalue weighted by atomic mass is 35.5. The van der Waals surface area contributed by atoms with Crippen molar-refractivity contribution in [3.8, 4) is 12.1 Å². The van der Waals surface area contributed by atoms with Gasteiger partial charge in [0.25, 0.3) is 5.91 Å². The monoisotopic (exact) mass is 455 g/mol. The normalized spacial score (nSPS) is 11.1. The molecular weight excluding hydrogens is 441 g/mol. The summed E-state index contributed by atoms with van der Waals surface area (Å²) in [5, 5.41) is 22.8. The minimum absolute atomic E-state index is 0.0807. The molecule has 0 atom stereocenters. The first-order chi connectivity index (χ1) is 14.3. The van der Waals surface area contributed by atoms with Crippen LogP contribution in [0, 0.1) is 29.6 Å². The fourth-order valence-electron chi connectivity index (χ4n) is 2.76. The van der Waals surface area contributed by atoms with Gasteiger partial charge in [-0.05, 0) is 48.4 Å². The predicted molar refractivity (Wildman–Crippen MR) is 118 cm³/mol. The lowest BCUT2D eigenvalue weighted by molar-refractivity contribution is -0.112. The Balaban J connectivity index is 1.76. The Morgan fingerprint density at radius 3 is 2.77 bits per heavy atom. The second-order valence-corrected chi connectivity index (χ2v) is 8.37. The van der Waals surface area contributed by atoms with E-state index in [4.69, 9.17) is 28.5 Å². The topological polar surface area (TPSA) is 94.5 Å². The number of carbonyl (C=O) groups excluding carboxylic acids is 1. The van der Waals surface area contributed by atoms with Crippen LogP contribution in [-0.2, 0) is 18.3 Å². The van der Waals surface area contributed by atoms with Gasteiger partial charge in [-0.3, -0.25) is 10.1 Å². The Labute approximate surface area is 187 Å². The smallest absolute Gasteiger partial charge is 0.268 e. The van der Waals surface area contributed by atoms with Crippen molar-refractivity contribution in [3.63, 3.8) is 0 Å². The van der Waals surface area contributed by atoms with Gasteiger partial charge >= 0.3 is 0 Å². The van der Waals surface area contributed by atoms with Gasteiger partial charge in [-0.2, -0.15) is 10.5 Å². The van der Waals surface area contributed by atoms with Crippen LogP contribution < -0.4 is 5.32 Å². The number of rotatable bonds is 5. The zero-order valence-corrected chi connectivity index (χ0v) is 18.4. The molecule has 0 aliphatic rings. The van der Waals surface area contributed by atoms with Crippen LogP contribution in [-0.4, -0.2) is 15.5 Å². The number of halogens is 2. The lowest BCUT2D eigenvalue weighted by atomic mass is 10.1. The average Bonchev–Trinajstić information content (AvgIpc) is 3.27. The first-order valence-electron chi connectivity index (χ1n) is 8.70. The second kappa shape index (κ2) is 9.15. The second-order valence-electron chi connectivity index (χ2n) is 6.41. The third-order valence-corrected chi connectivity index (χ3v) is 6.02. The molecule has 0 fully saturated rings. The highest BCUT2D eigenvalue weighted by molar-refractivity contribution is 7.15. The summed E-state index contributed by atoms with van der Waals surface area (Å²) in [6, 6.07) is 10.9. The Morgan fingerprint density at radius 2 is 2.10 bits per heavy atom. The lowest BCUT2D eigenvalue weighted by Gasteiger charge is -2.03. The molecule has 0 bridgehead atoms. The molecule has 0 aliphatic carbocycles. The summed E-state index contributed by atoms with van der Waals surface area (Å²) >= 11 is 13.5. The third kappa shape index (κ3) is 4.72. The van der Waals surface area contributed by atoms with Crippen molar-refractivity contribution in [2.24, 2.45) is 7.05 Å². The van der Waals surface area contributed by atoms with E-state index in [9.17, 15) is 10.1 Å². The average molecular weight is 456 g/mol. The highest BCUT2D eigenvalue weighted by Crippen LogP contribution is 2.27. The number of nitrogens with zero attached hydrogens (tertiary/aromatic N) is 4. The zero-order chi connectivity index (χ0) is 21.8. The molecule has 0 spiro atoms.